The fourth-order valence-corrected chi connectivity index (χ4v) is 2.39. The van der Waals surface area contributed by atoms with Crippen LogP contribution in [0.5, 0.6) is 0 Å². The number of rotatable bonds is 5. The van der Waals surface area contributed by atoms with Crippen LogP contribution in [0, 0.1) is 0 Å². The molecule has 0 amide bonds. The quantitative estimate of drug-likeness (QED) is 0.889. The summed E-state index contributed by atoms with van der Waals surface area (Å²) in [6, 6.07) is 18.3. The lowest BCUT2D eigenvalue weighted by molar-refractivity contribution is -0.0426. The van der Waals surface area contributed by atoms with Crippen LogP contribution in [0.25, 0.3) is 11.1 Å². The van der Waals surface area contributed by atoms with E-state index in [0.29, 0.717) is 12.7 Å². The minimum atomic E-state index is -0.527. The van der Waals surface area contributed by atoms with Gasteiger partial charge >= 0.3 is 0 Å². The molecule has 2 heteroatoms. The third-order valence-electron chi connectivity index (χ3n) is 3.94. The van der Waals surface area contributed by atoms with Gasteiger partial charge in [0.2, 0.25) is 0 Å². The number of aliphatic hydroxyl groups is 1. The first-order valence-corrected chi connectivity index (χ1v) is 7.28. The third kappa shape index (κ3) is 3.09. The Bertz CT molecular complexity index is 529. The Kier molecular flexibility index (Phi) is 4.14. The van der Waals surface area contributed by atoms with E-state index in [1.54, 1.807) is 0 Å². The van der Waals surface area contributed by atoms with Crippen molar-refractivity contribution in [1.82, 2.24) is 0 Å². The molecular weight excluding hydrogens is 248 g/mol. The van der Waals surface area contributed by atoms with Gasteiger partial charge in [0, 0.05) is 0 Å². The lowest BCUT2D eigenvalue weighted by atomic mass is 9.96. The summed E-state index contributed by atoms with van der Waals surface area (Å²) in [5.74, 6) is 0. The summed E-state index contributed by atoms with van der Waals surface area (Å²) in [5, 5.41) is 10.1. The van der Waals surface area contributed by atoms with E-state index in [0.717, 1.165) is 18.4 Å². The van der Waals surface area contributed by atoms with Gasteiger partial charge < -0.3 is 9.84 Å². The first-order valence-electron chi connectivity index (χ1n) is 7.28. The van der Waals surface area contributed by atoms with E-state index in [-0.39, 0.29) is 0 Å². The molecule has 2 nitrogen and oxygen atoms in total. The van der Waals surface area contributed by atoms with E-state index < -0.39 is 6.10 Å². The van der Waals surface area contributed by atoms with Crippen molar-refractivity contribution in [2.45, 2.75) is 31.5 Å². The maximum absolute atomic E-state index is 10.1. The van der Waals surface area contributed by atoms with Crippen LogP contribution in [0.15, 0.2) is 54.6 Å². The predicted octanol–water partition coefficient (Wildman–Crippen LogP) is 3.96. The second-order valence-electron chi connectivity index (χ2n) is 5.39. The second-order valence-corrected chi connectivity index (χ2v) is 5.39. The van der Waals surface area contributed by atoms with E-state index in [4.69, 9.17) is 4.74 Å². The monoisotopic (exact) mass is 268 g/mol. The number of hydrogen-bond acceptors (Lipinski definition) is 2. The van der Waals surface area contributed by atoms with Crippen LogP contribution in [0.1, 0.15) is 30.9 Å². The van der Waals surface area contributed by atoms with E-state index >= 15 is 0 Å². The Morgan fingerprint density at radius 3 is 2.20 bits per heavy atom. The van der Waals surface area contributed by atoms with Crippen LogP contribution in [0.2, 0.25) is 0 Å². The molecule has 3 rings (SSSR count). The molecule has 1 N–H and O–H groups in total. The Hall–Kier alpha value is -1.64. The molecule has 1 aliphatic carbocycles. The fraction of sp³-hybridized carbons (Fsp3) is 0.333. The first-order chi connectivity index (χ1) is 9.83. The van der Waals surface area contributed by atoms with Gasteiger partial charge in [-0.05, 0) is 36.0 Å². The average Bonchev–Trinajstić information content (AvgIpc) is 2.46. The van der Waals surface area contributed by atoms with Gasteiger partial charge in [-0.2, -0.15) is 0 Å². The van der Waals surface area contributed by atoms with Crippen molar-refractivity contribution >= 4 is 0 Å². The summed E-state index contributed by atoms with van der Waals surface area (Å²) < 4.78 is 5.66. The Labute approximate surface area is 120 Å². The largest absolute Gasteiger partial charge is 0.386 e. The predicted molar refractivity (Wildman–Crippen MR) is 80.4 cm³/mol. The number of aliphatic hydroxyl groups excluding tert-OH is 1. The van der Waals surface area contributed by atoms with Crippen LogP contribution >= 0.6 is 0 Å². The smallest absolute Gasteiger partial charge is 0.102 e. The van der Waals surface area contributed by atoms with Crippen LogP contribution < -0.4 is 0 Å². The highest BCUT2D eigenvalue weighted by molar-refractivity contribution is 5.63. The van der Waals surface area contributed by atoms with Gasteiger partial charge in [0.25, 0.3) is 0 Å². The molecule has 0 aliphatic heterocycles. The Balaban J connectivity index is 1.63. The number of ether oxygens (including phenoxy) is 1. The molecule has 104 valence electrons. The standard InChI is InChI=1S/C18H20O2/c19-18(13-20-17-7-4-8-17)16-11-9-15(10-12-16)14-5-2-1-3-6-14/h1-3,5-6,9-12,17-19H,4,7-8,13H2. The van der Waals surface area contributed by atoms with Crippen molar-refractivity contribution in [3.05, 3.63) is 60.2 Å². The molecule has 0 aromatic heterocycles. The highest BCUT2D eigenvalue weighted by atomic mass is 16.5. The van der Waals surface area contributed by atoms with Crippen molar-refractivity contribution in [1.29, 1.82) is 0 Å². The zero-order valence-corrected chi connectivity index (χ0v) is 11.5. The fourth-order valence-electron chi connectivity index (χ4n) is 2.39. The molecule has 2 aromatic carbocycles. The molecule has 1 unspecified atom stereocenters. The Morgan fingerprint density at radius 2 is 1.60 bits per heavy atom. The molecule has 0 bridgehead atoms. The van der Waals surface area contributed by atoms with Gasteiger partial charge in [-0.25, -0.2) is 0 Å². The van der Waals surface area contributed by atoms with Crippen LogP contribution in [0.4, 0.5) is 0 Å². The van der Waals surface area contributed by atoms with Crippen LogP contribution in [-0.2, 0) is 4.74 Å². The first kappa shape index (κ1) is 13.3. The maximum Gasteiger partial charge on any atom is 0.102 e. The van der Waals surface area contributed by atoms with Crippen molar-refractivity contribution in [3.8, 4) is 11.1 Å². The summed E-state index contributed by atoms with van der Waals surface area (Å²) >= 11 is 0. The Morgan fingerprint density at radius 1 is 0.950 bits per heavy atom. The third-order valence-corrected chi connectivity index (χ3v) is 3.94. The summed E-state index contributed by atoms with van der Waals surface area (Å²) in [5.41, 5.74) is 3.28. The topological polar surface area (TPSA) is 29.5 Å². The van der Waals surface area contributed by atoms with Gasteiger partial charge in [-0.15, -0.1) is 0 Å². The molecule has 1 fully saturated rings. The van der Waals surface area contributed by atoms with Crippen LogP contribution in [0.3, 0.4) is 0 Å². The molecule has 0 heterocycles. The number of hydrogen-bond donors (Lipinski definition) is 1. The van der Waals surface area contributed by atoms with Crippen molar-refractivity contribution in [2.75, 3.05) is 6.61 Å². The van der Waals surface area contributed by atoms with Gasteiger partial charge in [0.05, 0.1) is 12.7 Å². The summed E-state index contributed by atoms with van der Waals surface area (Å²) in [7, 11) is 0. The highest BCUT2D eigenvalue weighted by Gasteiger charge is 2.19. The zero-order chi connectivity index (χ0) is 13.8. The summed E-state index contributed by atoms with van der Waals surface area (Å²) in [6.07, 6.45) is 3.37. The zero-order valence-electron chi connectivity index (χ0n) is 11.5. The van der Waals surface area contributed by atoms with E-state index in [9.17, 15) is 5.11 Å². The molecule has 2 aromatic rings. The summed E-state index contributed by atoms with van der Waals surface area (Å²) in [4.78, 5) is 0. The van der Waals surface area contributed by atoms with Gasteiger partial charge in [0.1, 0.15) is 6.10 Å². The highest BCUT2D eigenvalue weighted by Crippen LogP contribution is 2.25. The lowest BCUT2D eigenvalue weighted by Gasteiger charge is -2.26. The second kappa shape index (κ2) is 6.21. The normalized spacial score (nSPS) is 16.6. The van der Waals surface area contributed by atoms with Gasteiger partial charge in [-0.1, -0.05) is 54.6 Å². The molecule has 20 heavy (non-hydrogen) atoms. The molecule has 0 spiro atoms. The minimum absolute atomic E-state index is 0.369. The molecule has 1 aliphatic rings. The summed E-state index contributed by atoms with van der Waals surface area (Å²) in [6.45, 7) is 0.398. The molecule has 0 radical (unpaired) electrons. The van der Waals surface area contributed by atoms with Crippen molar-refractivity contribution in [3.63, 3.8) is 0 Å². The SMILES string of the molecule is OC(COC1CCC1)c1ccc(-c2ccccc2)cc1. The molecule has 0 saturated heterocycles. The van der Waals surface area contributed by atoms with Crippen molar-refractivity contribution < 1.29 is 9.84 Å². The van der Waals surface area contributed by atoms with Crippen molar-refractivity contribution in [2.24, 2.45) is 0 Å². The molecule has 1 atom stereocenters. The van der Waals surface area contributed by atoms with E-state index in [1.165, 1.54) is 17.5 Å². The number of benzene rings is 2. The maximum atomic E-state index is 10.1. The van der Waals surface area contributed by atoms with Gasteiger partial charge in [-0.3, -0.25) is 0 Å². The lowest BCUT2D eigenvalue weighted by Crippen LogP contribution is -2.24. The van der Waals surface area contributed by atoms with Gasteiger partial charge in [0.15, 0.2) is 0 Å². The average molecular weight is 268 g/mol. The van der Waals surface area contributed by atoms with Crippen LogP contribution in [-0.4, -0.2) is 17.8 Å². The molecular formula is C18H20O2. The minimum Gasteiger partial charge on any atom is -0.386 e. The van der Waals surface area contributed by atoms with E-state index in [1.807, 2.05) is 30.3 Å². The molecule has 1 saturated carbocycles. The van der Waals surface area contributed by atoms with E-state index in [2.05, 4.69) is 24.3 Å².